The highest BCUT2D eigenvalue weighted by Gasteiger charge is 2.60. The number of rotatable bonds is 45. The molecule has 23 heteroatoms. The van der Waals surface area contributed by atoms with Gasteiger partial charge in [-0.25, -0.2) is 4.79 Å². The lowest BCUT2D eigenvalue weighted by Gasteiger charge is -2.50. The van der Waals surface area contributed by atoms with Gasteiger partial charge in [0.05, 0.1) is 50.7 Å². The molecule has 23 nitrogen and oxygen atoms in total. The summed E-state index contributed by atoms with van der Waals surface area (Å²) in [5.41, 5.74) is 0. The van der Waals surface area contributed by atoms with Crippen LogP contribution in [0.1, 0.15) is 201 Å². The van der Waals surface area contributed by atoms with Crippen molar-refractivity contribution in [1.82, 2.24) is 10.6 Å². The zero-order valence-electron chi connectivity index (χ0n) is 49.8. The van der Waals surface area contributed by atoms with Crippen LogP contribution >= 0.6 is 0 Å². The first kappa shape index (κ1) is 74.5. The molecule has 0 spiro atoms. The summed E-state index contributed by atoms with van der Waals surface area (Å²) in [6.45, 7) is 2.08. The molecule has 3 rings (SSSR count). The minimum Gasteiger partial charge on any atom is -0.477 e. The highest BCUT2D eigenvalue weighted by atomic mass is 16.8. The van der Waals surface area contributed by atoms with Gasteiger partial charge in [-0.3, -0.25) is 9.59 Å². The number of ether oxygens (including phenoxy) is 6. The maximum atomic E-state index is 13.4. The molecule has 3 heterocycles. The highest BCUT2D eigenvalue weighted by Crippen LogP contribution is 2.38. The van der Waals surface area contributed by atoms with E-state index in [0.717, 1.165) is 51.9 Å². The number of hydrogen-bond acceptors (Lipinski definition) is 20. The average Bonchev–Trinajstić information content (AvgIpc) is 2.31. The predicted octanol–water partition coefficient (Wildman–Crippen LogP) is 3.33. The number of aliphatic hydroxyl groups is 11. The molecule has 0 aromatic heterocycles. The molecule has 3 aliphatic rings. The number of hydrogen-bond donors (Lipinski definition) is 14. The largest absolute Gasteiger partial charge is 0.477 e. The number of carboxylic acid groups (broad SMARTS) is 1. The van der Waals surface area contributed by atoms with Crippen LogP contribution in [0.5, 0.6) is 0 Å². The quantitative estimate of drug-likeness (QED) is 0.0307. The van der Waals surface area contributed by atoms with E-state index in [1.165, 1.54) is 109 Å². The van der Waals surface area contributed by atoms with Gasteiger partial charge in [-0.2, -0.15) is 0 Å². The topological polar surface area (TPSA) is 373 Å². The van der Waals surface area contributed by atoms with Crippen LogP contribution in [0.15, 0.2) is 24.3 Å². The summed E-state index contributed by atoms with van der Waals surface area (Å²) in [7, 11) is 0. The first-order valence-electron chi connectivity index (χ1n) is 31.2. The molecule has 3 fully saturated rings. The van der Waals surface area contributed by atoms with E-state index in [1.54, 1.807) is 6.08 Å². The average molecular weight is 1190 g/mol. The molecule has 0 bridgehead atoms. The lowest BCUT2D eigenvalue weighted by atomic mass is 9.88. The monoisotopic (exact) mass is 1190 g/mol. The second-order valence-corrected chi connectivity index (χ2v) is 22.9. The van der Waals surface area contributed by atoms with Gasteiger partial charge in [0.1, 0.15) is 67.1 Å². The molecule has 83 heavy (non-hydrogen) atoms. The Bertz CT molecular complexity index is 1800. The molecule has 484 valence electrons. The Kier molecular flexibility index (Phi) is 37.8. The molecule has 2 amide bonds. The second-order valence-electron chi connectivity index (χ2n) is 22.9. The number of aliphatic hydroxyl groups excluding tert-OH is 11. The molecule has 3 saturated heterocycles. The van der Waals surface area contributed by atoms with Crippen LogP contribution in [0.4, 0.5) is 0 Å². The van der Waals surface area contributed by atoms with Crippen molar-refractivity contribution in [3.8, 4) is 0 Å². The Morgan fingerprint density at radius 3 is 1.64 bits per heavy atom. The number of carboxylic acids is 1. The summed E-state index contributed by atoms with van der Waals surface area (Å²) < 4.78 is 34.7. The van der Waals surface area contributed by atoms with E-state index < -0.39 is 155 Å². The fourth-order valence-electron chi connectivity index (χ4n) is 10.8. The fraction of sp³-hybridized carbons (Fsp3) is 0.883. The van der Waals surface area contributed by atoms with E-state index in [2.05, 4.69) is 36.6 Å². The summed E-state index contributed by atoms with van der Waals surface area (Å²) in [4.78, 5) is 38.4. The number of unbranched alkanes of at least 4 members (excludes halogenated alkanes) is 23. The van der Waals surface area contributed by atoms with Crippen molar-refractivity contribution in [2.45, 2.75) is 310 Å². The summed E-state index contributed by atoms with van der Waals surface area (Å²) in [6.07, 6.45) is 8.15. The van der Waals surface area contributed by atoms with Crippen molar-refractivity contribution in [3.63, 3.8) is 0 Å². The van der Waals surface area contributed by atoms with E-state index in [-0.39, 0.29) is 12.3 Å². The third kappa shape index (κ3) is 26.2. The molecular weight excluding hydrogens is 1080 g/mol. The van der Waals surface area contributed by atoms with Gasteiger partial charge < -0.3 is 100 Å². The maximum Gasteiger partial charge on any atom is 0.364 e. The molecular formula is C60H108N2O21. The zero-order chi connectivity index (χ0) is 61.2. The van der Waals surface area contributed by atoms with Gasteiger partial charge >= 0.3 is 5.97 Å². The zero-order valence-corrected chi connectivity index (χ0v) is 49.8. The number of aliphatic carboxylic acids is 1. The van der Waals surface area contributed by atoms with Crippen LogP contribution < -0.4 is 10.6 Å². The Morgan fingerprint density at radius 1 is 0.627 bits per heavy atom. The fourth-order valence-corrected chi connectivity index (χ4v) is 10.8. The standard InChI is InChI=1S/C60H108N2O21/c1-4-6-8-10-12-14-16-18-19-20-22-23-25-27-29-31-33-42(67)41(62-47(70)34-32-30-28-26-24-21-17-15-13-11-9-7-5-2)39-78-57-52(74)51(73)54(46(38-65)80-57)81-58-53(75)56(50(72)45(37-64)79-58)83-60(59(76)77)35-43(68)48(61-40(3)66)55(82-60)49(71)44(69)36-63/h21,24,31,33,41-46,48-58,63-65,67-69,71-75H,4-20,22-23,25-30,32,34-39H2,1-3H3,(H,61,66)(H,62,70)(H,76,77)/b24-21-,33-31+. The Morgan fingerprint density at radius 2 is 1.13 bits per heavy atom. The van der Waals surface area contributed by atoms with Gasteiger partial charge in [-0.15, -0.1) is 0 Å². The van der Waals surface area contributed by atoms with Crippen molar-refractivity contribution in [2.24, 2.45) is 0 Å². The minimum atomic E-state index is -3.08. The summed E-state index contributed by atoms with van der Waals surface area (Å²) in [5, 5.41) is 135. The molecule has 3 aliphatic heterocycles. The van der Waals surface area contributed by atoms with Crippen molar-refractivity contribution in [1.29, 1.82) is 0 Å². The second kappa shape index (κ2) is 42.2. The molecule has 14 N–H and O–H groups in total. The van der Waals surface area contributed by atoms with Gasteiger partial charge in [0, 0.05) is 19.8 Å². The van der Waals surface area contributed by atoms with Crippen LogP contribution in [-0.4, -0.2) is 215 Å². The number of carbonyl (C=O) groups is 3. The van der Waals surface area contributed by atoms with Gasteiger partial charge in [0.25, 0.3) is 5.79 Å². The maximum absolute atomic E-state index is 13.4. The third-order valence-corrected chi connectivity index (χ3v) is 15.9. The molecule has 0 aromatic carbocycles. The summed E-state index contributed by atoms with van der Waals surface area (Å²) >= 11 is 0. The number of allylic oxidation sites excluding steroid dienone is 3. The van der Waals surface area contributed by atoms with E-state index in [0.29, 0.717) is 12.8 Å². The molecule has 0 saturated carbocycles. The lowest BCUT2D eigenvalue weighted by molar-refractivity contribution is -0.386. The smallest absolute Gasteiger partial charge is 0.364 e. The Hall–Kier alpha value is -2.79. The van der Waals surface area contributed by atoms with E-state index in [9.17, 15) is 75.7 Å². The van der Waals surface area contributed by atoms with Crippen molar-refractivity contribution in [3.05, 3.63) is 24.3 Å². The van der Waals surface area contributed by atoms with Crippen LogP contribution in [0, 0.1) is 0 Å². The molecule has 18 atom stereocenters. The summed E-state index contributed by atoms with van der Waals surface area (Å²) in [5.74, 6) is -6.16. The number of amides is 2. The van der Waals surface area contributed by atoms with E-state index >= 15 is 0 Å². The molecule has 0 aliphatic carbocycles. The molecule has 0 aromatic rings. The normalized spacial score (nSPS) is 30.1. The van der Waals surface area contributed by atoms with Crippen LogP contribution in [0.3, 0.4) is 0 Å². The van der Waals surface area contributed by atoms with Crippen LogP contribution in [0.25, 0.3) is 0 Å². The van der Waals surface area contributed by atoms with E-state index in [1.807, 2.05) is 6.08 Å². The minimum absolute atomic E-state index is 0.180. The third-order valence-electron chi connectivity index (χ3n) is 15.9. The van der Waals surface area contributed by atoms with Crippen molar-refractivity contribution >= 4 is 17.8 Å². The van der Waals surface area contributed by atoms with E-state index in [4.69, 9.17) is 28.4 Å². The molecule has 0 radical (unpaired) electrons. The Labute approximate surface area is 492 Å². The number of nitrogens with one attached hydrogen (secondary N) is 2. The van der Waals surface area contributed by atoms with Crippen molar-refractivity contribution in [2.75, 3.05) is 26.4 Å². The van der Waals surface area contributed by atoms with Gasteiger partial charge in [0.15, 0.2) is 12.6 Å². The van der Waals surface area contributed by atoms with Gasteiger partial charge in [0.2, 0.25) is 11.8 Å². The van der Waals surface area contributed by atoms with Gasteiger partial charge in [-0.1, -0.05) is 160 Å². The number of carbonyl (C=O) groups excluding carboxylic acids is 2. The first-order valence-corrected chi connectivity index (χ1v) is 31.2. The summed E-state index contributed by atoms with van der Waals surface area (Å²) in [6, 6.07) is -2.62. The Balaban J connectivity index is 1.67. The predicted molar refractivity (Wildman–Crippen MR) is 306 cm³/mol. The van der Waals surface area contributed by atoms with Crippen LogP contribution in [0.2, 0.25) is 0 Å². The first-order chi connectivity index (χ1) is 39.9. The van der Waals surface area contributed by atoms with Crippen LogP contribution in [-0.2, 0) is 42.8 Å². The lowest BCUT2D eigenvalue weighted by Crippen LogP contribution is -2.70. The van der Waals surface area contributed by atoms with Gasteiger partial charge in [-0.05, 0) is 44.9 Å². The molecule has 18 unspecified atom stereocenters. The SMILES string of the molecule is CCCCCCCC/C=C\CCCCCC(=O)NC(COC1OC(CO)C(OC2OC(CO)C(O)C(OC3(C(=O)O)CC(O)C(NC(C)=O)C(C(O)C(O)CO)O3)C2O)C(O)C1O)C(O)/C=C/CCCCCCCCCCCCCCCC. The highest BCUT2D eigenvalue weighted by molar-refractivity contribution is 5.77. The van der Waals surface area contributed by atoms with Crippen molar-refractivity contribution < 1.29 is 104 Å².